The van der Waals surface area contributed by atoms with Crippen LogP contribution in [-0.2, 0) is 33.8 Å². The molecular formula is C62H60N4O12S. The lowest BCUT2D eigenvalue weighted by atomic mass is 9.82. The number of carboxylic acid groups (broad SMARTS) is 1. The molecule has 0 saturated carbocycles. The van der Waals surface area contributed by atoms with Crippen molar-refractivity contribution in [3.63, 3.8) is 0 Å². The molecule has 2 unspecified atom stereocenters. The monoisotopic (exact) mass is 1080 g/mol. The quantitative estimate of drug-likeness (QED) is 0.0200. The van der Waals surface area contributed by atoms with Crippen LogP contribution in [-0.4, -0.2) is 124 Å². The fraction of sp³-hybridized carbons (Fsp3) is 0.323. The Morgan fingerprint density at radius 1 is 0.544 bits per heavy atom. The maximum atomic E-state index is 14.4. The first-order valence-electron chi connectivity index (χ1n) is 27.2. The molecule has 9 aromatic carbocycles. The summed E-state index contributed by atoms with van der Waals surface area (Å²) in [5.74, 6) is -4.23. The number of hydrogen-bond donors (Lipinski definition) is 3. The van der Waals surface area contributed by atoms with Gasteiger partial charge >= 0.3 is 5.97 Å². The number of carbonyl (C=O) groups is 6. The molecule has 2 atom stereocenters. The van der Waals surface area contributed by atoms with Gasteiger partial charge in [0.05, 0.1) is 37.7 Å². The van der Waals surface area contributed by atoms with Gasteiger partial charge in [-0.25, -0.2) is 13.1 Å². The van der Waals surface area contributed by atoms with E-state index in [9.17, 15) is 42.3 Å². The molecule has 79 heavy (non-hydrogen) atoms. The number of sulfonamides is 1. The predicted molar refractivity (Wildman–Crippen MR) is 303 cm³/mol. The average molecular weight is 1090 g/mol. The zero-order chi connectivity index (χ0) is 55.1. The first-order chi connectivity index (χ1) is 38.3. The number of rotatable bonds is 26. The molecule has 2 heterocycles. The molecule has 5 amide bonds. The highest BCUT2D eigenvalue weighted by Crippen LogP contribution is 2.47. The second-order valence-electron chi connectivity index (χ2n) is 20.5. The van der Waals surface area contributed by atoms with Crippen LogP contribution in [0.4, 0.5) is 0 Å². The molecule has 16 nitrogen and oxygen atoms in total. The Morgan fingerprint density at radius 2 is 1.03 bits per heavy atom. The van der Waals surface area contributed by atoms with Crippen molar-refractivity contribution in [1.29, 1.82) is 0 Å². The molecular weight excluding hydrogens is 1020 g/mol. The van der Waals surface area contributed by atoms with Crippen molar-refractivity contribution in [2.24, 2.45) is 5.92 Å². The van der Waals surface area contributed by atoms with E-state index in [1.165, 1.54) is 4.90 Å². The topological polar surface area (TPSA) is 215 Å². The Labute approximate surface area is 455 Å². The predicted octanol–water partition coefficient (Wildman–Crippen LogP) is 9.81. The third-order valence-corrected chi connectivity index (χ3v) is 17.3. The number of carbonyl (C=O) groups excluding carboxylic acids is 5. The van der Waals surface area contributed by atoms with Crippen molar-refractivity contribution in [3.8, 4) is 0 Å². The van der Waals surface area contributed by atoms with Gasteiger partial charge in [-0.1, -0.05) is 106 Å². The normalized spacial score (nSPS) is 14.7. The van der Waals surface area contributed by atoms with Gasteiger partial charge in [0.1, 0.15) is 6.04 Å². The van der Waals surface area contributed by atoms with E-state index < -0.39 is 46.2 Å². The number of imide groups is 2. The molecule has 0 fully saturated rings. The van der Waals surface area contributed by atoms with Crippen molar-refractivity contribution in [2.45, 2.75) is 69.7 Å². The Bertz CT molecular complexity index is 3890. The summed E-state index contributed by atoms with van der Waals surface area (Å²) in [6.07, 6.45) is 3.81. The molecule has 2 aliphatic rings. The number of carboxylic acids is 1. The Hall–Kier alpha value is -7.67. The van der Waals surface area contributed by atoms with Crippen molar-refractivity contribution in [1.82, 2.24) is 19.8 Å². The van der Waals surface area contributed by atoms with Crippen molar-refractivity contribution in [2.75, 3.05) is 59.3 Å². The number of amides is 5. The van der Waals surface area contributed by atoms with Gasteiger partial charge in [-0.3, -0.25) is 38.6 Å². The lowest BCUT2D eigenvalue weighted by molar-refractivity contribution is -0.141. The summed E-state index contributed by atoms with van der Waals surface area (Å²) in [6.45, 7) is 6.52. The van der Waals surface area contributed by atoms with E-state index in [-0.39, 0.29) is 66.7 Å². The first-order valence-corrected chi connectivity index (χ1v) is 28.6. The van der Waals surface area contributed by atoms with Gasteiger partial charge in [-0.05, 0) is 115 Å². The minimum atomic E-state index is -3.78. The highest BCUT2D eigenvalue weighted by molar-refractivity contribution is 7.89. The zero-order valence-corrected chi connectivity index (χ0v) is 44.8. The van der Waals surface area contributed by atoms with E-state index >= 15 is 0 Å². The SMILES string of the molecule is CCCCC(CC)CN1C(=O)c2ccc3c4ccc5c6c(ccc(c7ccc(c2c37)C1=O)c64)C(=O)N(C(CC(=O)O)C(=O)NCCCOCCOCCOCCCNS(=O)(=O)c1ccc2ccc3cccc4ccc1c2c34)C5=O. The fourth-order valence-electron chi connectivity index (χ4n) is 11.9. The van der Waals surface area contributed by atoms with E-state index in [1.807, 2.05) is 54.6 Å². The Morgan fingerprint density at radius 3 is 1.56 bits per heavy atom. The minimum Gasteiger partial charge on any atom is -0.481 e. The van der Waals surface area contributed by atoms with Crippen LogP contribution >= 0.6 is 0 Å². The van der Waals surface area contributed by atoms with E-state index in [0.717, 1.165) is 73.7 Å². The standard InChI is InChI=1S/C62H60N4O12S/c1-3-5-9-36(4-2)35-65-59(70)45-21-17-40-42-19-23-47-57-48(24-20-43(55(42)57)41-18-22-46(60(65)71)56(45)54(40)41)62(73)66(61(47)72)49(34-51(67)68)58(69)63-26-7-28-76-30-32-78-33-31-77-29-8-27-64-79(74,75)50-25-15-39-13-12-37-10-6-11-38-14-16-44(50)53(39)52(37)38/h6,10-25,36,49,64H,3-5,7-9,26-35H2,1-2H3,(H,63,69)(H,67,68). The van der Waals surface area contributed by atoms with Gasteiger partial charge < -0.3 is 24.6 Å². The number of ether oxygens (including phenoxy) is 3. The second kappa shape index (κ2) is 22.2. The molecule has 0 saturated heterocycles. The van der Waals surface area contributed by atoms with Crippen molar-refractivity contribution < 1.29 is 56.5 Å². The molecule has 406 valence electrons. The average Bonchev–Trinajstić information content (AvgIpc) is 3.17. The number of benzene rings is 9. The Balaban J connectivity index is 0.654. The van der Waals surface area contributed by atoms with Crippen LogP contribution in [0.25, 0.3) is 75.4 Å². The third kappa shape index (κ3) is 9.66. The summed E-state index contributed by atoms with van der Waals surface area (Å²) < 4.78 is 46.4. The number of fused-ring (bicyclic) bond motifs is 2. The van der Waals surface area contributed by atoms with Gasteiger partial charge in [-0.2, -0.15) is 0 Å². The van der Waals surface area contributed by atoms with E-state index in [0.29, 0.717) is 82.7 Å². The van der Waals surface area contributed by atoms with Crippen molar-refractivity contribution >= 4 is 121 Å². The van der Waals surface area contributed by atoms with Crippen LogP contribution < -0.4 is 10.0 Å². The smallest absolute Gasteiger partial charge is 0.306 e. The number of nitrogens with zero attached hydrogens (tertiary/aromatic N) is 2. The summed E-state index contributed by atoms with van der Waals surface area (Å²) in [4.78, 5) is 85.4. The van der Waals surface area contributed by atoms with E-state index in [2.05, 4.69) is 30.0 Å². The van der Waals surface area contributed by atoms with Crippen LogP contribution in [0.5, 0.6) is 0 Å². The maximum absolute atomic E-state index is 14.4. The summed E-state index contributed by atoms with van der Waals surface area (Å²) >= 11 is 0. The fourth-order valence-corrected chi connectivity index (χ4v) is 13.1. The molecule has 11 rings (SSSR count). The van der Waals surface area contributed by atoms with Gasteiger partial charge in [0.25, 0.3) is 23.6 Å². The molecule has 0 spiro atoms. The zero-order valence-electron chi connectivity index (χ0n) is 44.0. The number of hydrogen-bond acceptors (Lipinski definition) is 11. The minimum absolute atomic E-state index is 0.0786. The number of nitrogens with one attached hydrogen (secondary N) is 2. The molecule has 0 aromatic heterocycles. The molecule has 3 N–H and O–H groups in total. The summed E-state index contributed by atoms with van der Waals surface area (Å²) in [7, 11) is -3.78. The van der Waals surface area contributed by atoms with Crippen LogP contribution in [0.3, 0.4) is 0 Å². The largest absolute Gasteiger partial charge is 0.481 e. The number of aliphatic carboxylic acids is 1. The van der Waals surface area contributed by atoms with E-state index in [4.69, 9.17) is 14.2 Å². The Kier molecular flexibility index (Phi) is 15.0. The molecule has 9 aromatic rings. The maximum Gasteiger partial charge on any atom is 0.306 e. The van der Waals surface area contributed by atoms with Gasteiger partial charge in [0, 0.05) is 71.3 Å². The molecule has 17 heteroatoms. The molecule has 0 radical (unpaired) electrons. The van der Waals surface area contributed by atoms with Crippen LogP contribution in [0.1, 0.15) is 100 Å². The first kappa shape index (κ1) is 53.3. The summed E-state index contributed by atoms with van der Waals surface area (Å²) in [5, 5.41) is 23.7. The molecule has 0 aliphatic carbocycles. The van der Waals surface area contributed by atoms with Crippen LogP contribution in [0, 0.1) is 5.92 Å². The van der Waals surface area contributed by atoms with Gasteiger partial charge in [0.15, 0.2) is 0 Å². The van der Waals surface area contributed by atoms with Crippen molar-refractivity contribution in [3.05, 3.63) is 125 Å². The lowest BCUT2D eigenvalue weighted by Crippen LogP contribution is -2.54. The molecule has 0 bridgehead atoms. The summed E-state index contributed by atoms with van der Waals surface area (Å²) in [6, 6.07) is 29.7. The van der Waals surface area contributed by atoms with Gasteiger partial charge in [0.2, 0.25) is 15.9 Å². The lowest BCUT2D eigenvalue weighted by Gasteiger charge is -2.33. The highest BCUT2D eigenvalue weighted by atomic mass is 32.2. The third-order valence-electron chi connectivity index (χ3n) is 15.8. The second-order valence-corrected chi connectivity index (χ2v) is 22.3. The molecule has 2 aliphatic heterocycles. The number of unbranched alkanes of at least 4 members (excludes halogenated alkanes) is 1. The highest BCUT2D eigenvalue weighted by Gasteiger charge is 2.43. The summed E-state index contributed by atoms with van der Waals surface area (Å²) in [5.41, 5.74) is 1.18. The van der Waals surface area contributed by atoms with Gasteiger partial charge in [-0.15, -0.1) is 0 Å². The van der Waals surface area contributed by atoms with Crippen LogP contribution in [0.2, 0.25) is 0 Å². The van der Waals surface area contributed by atoms with E-state index in [1.54, 1.807) is 42.5 Å². The van der Waals surface area contributed by atoms with Crippen LogP contribution in [0.15, 0.2) is 108 Å².